The monoisotopic (exact) mass is 860 g/mol. The number of phosphoric ester groups is 2. The highest BCUT2D eigenvalue weighted by Crippen LogP contribution is 2.57. The minimum Gasteiger partial charge on any atom is -0.387 e. The minimum absolute atomic E-state index is 0.0478. The van der Waals surface area contributed by atoms with Gasteiger partial charge in [0.2, 0.25) is 5.95 Å². The number of nitrogens with one attached hydrogen (secondary N) is 3. The quantitative estimate of drug-likeness (QED) is 0.0356. The van der Waals surface area contributed by atoms with Gasteiger partial charge in [-0.3, -0.25) is 47.6 Å². The number of fused-ring (bicyclic) bond motifs is 1. The number of aromatic nitrogens is 6. The first-order valence-corrected chi connectivity index (χ1v) is 20.3. The van der Waals surface area contributed by atoms with Gasteiger partial charge in [0.15, 0.2) is 29.4 Å². The third-order valence-corrected chi connectivity index (χ3v) is 11.5. The number of halogens is 1. The number of methoxy groups -OCH3 is 1. The van der Waals surface area contributed by atoms with Gasteiger partial charge in [-0.05, 0) is 31.5 Å². The van der Waals surface area contributed by atoms with E-state index in [0.29, 0.717) is 12.2 Å². The Hall–Kier alpha value is -3.88. The summed E-state index contributed by atoms with van der Waals surface area (Å²) in [7, 11) is -5.79. The number of benzene rings is 1. The van der Waals surface area contributed by atoms with Crippen molar-refractivity contribution in [2.75, 3.05) is 46.8 Å². The average molecular weight is 861 g/mol. The molecule has 6 rings (SSSR count). The average Bonchev–Trinajstić information content (AvgIpc) is 3.95. The van der Waals surface area contributed by atoms with Gasteiger partial charge in [-0.1, -0.05) is 12.1 Å². The molecule has 58 heavy (non-hydrogen) atoms. The number of ether oxygens (including phenoxy) is 3. The summed E-state index contributed by atoms with van der Waals surface area (Å²) in [4.78, 5) is 50.2. The first-order chi connectivity index (χ1) is 27.6. The Morgan fingerprint density at radius 1 is 1.14 bits per heavy atom. The number of aliphatic hydroxyl groups excluding tert-OH is 2. The van der Waals surface area contributed by atoms with E-state index >= 15 is 0 Å². The second kappa shape index (κ2) is 17.8. The molecule has 6 unspecified atom stereocenters. The molecule has 27 heteroatoms. The lowest BCUT2D eigenvalue weighted by Crippen LogP contribution is -2.47. The van der Waals surface area contributed by atoms with Crippen LogP contribution in [0.1, 0.15) is 36.3 Å². The summed E-state index contributed by atoms with van der Waals surface area (Å²) < 4.78 is 81.5. The van der Waals surface area contributed by atoms with Crippen LogP contribution in [0.2, 0.25) is 0 Å². The van der Waals surface area contributed by atoms with Crippen LogP contribution in [-0.4, -0.2) is 127 Å². The maximum absolute atomic E-state index is 14.2. The van der Waals surface area contributed by atoms with E-state index in [1.807, 2.05) is 0 Å². The molecule has 24 nitrogen and oxygen atoms in total. The maximum atomic E-state index is 14.2. The molecule has 2 saturated heterocycles. The Kier molecular flexibility index (Phi) is 13.4. The molecule has 2 aliphatic rings. The minimum atomic E-state index is -5.00. The van der Waals surface area contributed by atoms with Crippen molar-refractivity contribution in [3.8, 4) is 0 Å². The molecule has 2 aliphatic heterocycles. The van der Waals surface area contributed by atoms with Crippen LogP contribution in [-0.2, 0) is 48.0 Å². The fraction of sp³-hybridized carbons (Fsp3) is 0.516. The SMILES string of the molecule is C=Nc1c(C(NC)NCc2ccc(F)cc2)ncn1[C@@H]1OCC(CCOP(=O)(O)O)(OP(=O)(OC)OC[C@H]2O[C@@H](n3cnc4c(=O)[nH]c(N)nc43)C(O)C2O)C1OC. The van der Waals surface area contributed by atoms with Crippen molar-refractivity contribution < 1.29 is 65.8 Å². The lowest BCUT2D eigenvalue weighted by atomic mass is 9.95. The Morgan fingerprint density at radius 3 is 2.52 bits per heavy atom. The topological polar surface area (TPSA) is 324 Å². The second-order valence-electron chi connectivity index (χ2n) is 13.1. The Bertz CT molecular complexity index is 2220. The highest BCUT2D eigenvalue weighted by molar-refractivity contribution is 7.48. The number of nitrogen functional groups attached to an aromatic ring is 1. The summed E-state index contributed by atoms with van der Waals surface area (Å²) in [5.74, 6) is -0.404. The largest absolute Gasteiger partial charge is 0.475 e. The Balaban J connectivity index is 1.23. The first-order valence-electron chi connectivity index (χ1n) is 17.3. The van der Waals surface area contributed by atoms with Crippen molar-refractivity contribution >= 4 is 45.3 Å². The van der Waals surface area contributed by atoms with Gasteiger partial charge in [0.25, 0.3) is 5.56 Å². The van der Waals surface area contributed by atoms with Crippen LogP contribution in [0, 0.1) is 5.82 Å². The predicted octanol–water partition coefficient (Wildman–Crippen LogP) is 0.266. The zero-order chi connectivity index (χ0) is 42.0. The van der Waals surface area contributed by atoms with Crippen LogP contribution < -0.4 is 21.9 Å². The highest BCUT2D eigenvalue weighted by Gasteiger charge is 2.57. The highest BCUT2D eigenvalue weighted by atomic mass is 31.2. The number of phosphoric acid groups is 2. The van der Waals surface area contributed by atoms with E-state index in [4.69, 9.17) is 38.0 Å². The number of aliphatic imine (C=N–C) groups is 1. The molecule has 0 aliphatic carbocycles. The van der Waals surface area contributed by atoms with E-state index < -0.39 is 96.1 Å². The third kappa shape index (κ3) is 9.13. The van der Waals surface area contributed by atoms with E-state index in [2.05, 4.69) is 42.3 Å². The maximum Gasteiger partial charge on any atom is 0.475 e. The summed E-state index contributed by atoms with van der Waals surface area (Å²) in [5, 5.41) is 28.2. The molecule has 9 atom stereocenters. The number of rotatable bonds is 19. The Labute approximate surface area is 328 Å². The normalized spacial score (nSPS) is 26.6. The smallest absolute Gasteiger partial charge is 0.387 e. The number of hydrogen-bond acceptors (Lipinski definition) is 19. The Morgan fingerprint density at radius 2 is 1.86 bits per heavy atom. The van der Waals surface area contributed by atoms with Crippen molar-refractivity contribution in [1.82, 2.24) is 39.7 Å². The molecule has 3 aromatic heterocycles. The molecule has 9 N–H and O–H groups in total. The number of imidazole rings is 2. The third-order valence-electron chi connectivity index (χ3n) is 9.50. The van der Waals surface area contributed by atoms with Gasteiger partial charge in [-0.25, -0.2) is 28.5 Å². The number of aliphatic hydroxyl groups is 2. The van der Waals surface area contributed by atoms with Gasteiger partial charge in [-0.15, -0.1) is 0 Å². The van der Waals surface area contributed by atoms with Crippen LogP contribution in [0.5, 0.6) is 0 Å². The zero-order valence-corrected chi connectivity index (χ0v) is 32.9. The molecule has 2 fully saturated rings. The molecule has 0 spiro atoms. The molecule has 0 bridgehead atoms. The van der Waals surface area contributed by atoms with Crippen LogP contribution >= 0.6 is 15.6 Å². The number of H-pyrrole nitrogens is 1. The number of nitrogens with zero attached hydrogens (tertiary/aromatic N) is 6. The van der Waals surface area contributed by atoms with Crippen LogP contribution in [0.4, 0.5) is 16.2 Å². The number of nitrogens with two attached hydrogens (primary N) is 1. The van der Waals surface area contributed by atoms with Crippen molar-refractivity contribution in [3.63, 3.8) is 0 Å². The van der Waals surface area contributed by atoms with E-state index in [-0.39, 0.29) is 28.7 Å². The molecule has 1 aromatic carbocycles. The van der Waals surface area contributed by atoms with Crippen LogP contribution in [0.3, 0.4) is 0 Å². The van der Waals surface area contributed by atoms with Crippen LogP contribution in [0.25, 0.3) is 11.2 Å². The molecule has 5 heterocycles. The van der Waals surface area contributed by atoms with Crippen LogP contribution in [0.15, 0.2) is 46.7 Å². The molecular formula is C31H43FN10O14P2. The van der Waals surface area contributed by atoms with Crippen molar-refractivity contribution in [2.45, 2.75) is 61.6 Å². The van der Waals surface area contributed by atoms with Gasteiger partial charge in [0.05, 0.1) is 32.5 Å². The fourth-order valence-corrected chi connectivity index (χ4v) is 8.28. The van der Waals surface area contributed by atoms with Crippen molar-refractivity contribution in [3.05, 3.63) is 64.3 Å². The van der Waals surface area contributed by atoms with Gasteiger partial charge in [0, 0.05) is 27.2 Å². The predicted molar refractivity (Wildman–Crippen MR) is 198 cm³/mol. The van der Waals surface area contributed by atoms with Gasteiger partial charge in [0.1, 0.15) is 47.7 Å². The lowest BCUT2D eigenvalue weighted by molar-refractivity contribution is -0.0966. The summed E-state index contributed by atoms with van der Waals surface area (Å²) >= 11 is 0. The van der Waals surface area contributed by atoms with Gasteiger partial charge >= 0.3 is 15.6 Å². The zero-order valence-electron chi connectivity index (χ0n) is 31.2. The van der Waals surface area contributed by atoms with Crippen molar-refractivity contribution in [1.29, 1.82) is 0 Å². The van der Waals surface area contributed by atoms with E-state index in [1.54, 1.807) is 19.2 Å². The summed E-state index contributed by atoms with van der Waals surface area (Å²) in [6.07, 6.45) is -6.85. The summed E-state index contributed by atoms with van der Waals surface area (Å²) in [5.41, 5.74) is 4.15. The second-order valence-corrected chi connectivity index (χ2v) is 16.0. The number of hydrogen-bond donors (Lipinski definition) is 8. The van der Waals surface area contributed by atoms with Gasteiger partial charge < -0.3 is 39.9 Å². The van der Waals surface area contributed by atoms with E-state index in [0.717, 1.165) is 19.0 Å². The molecule has 0 amide bonds. The lowest BCUT2D eigenvalue weighted by Gasteiger charge is -2.36. The number of anilines is 1. The molecule has 0 saturated carbocycles. The van der Waals surface area contributed by atoms with Crippen molar-refractivity contribution in [2.24, 2.45) is 4.99 Å². The fourth-order valence-electron chi connectivity index (χ4n) is 6.70. The van der Waals surface area contributed by atoms with Gasteiger partial charge in [-0.2, -0.15) is 4.98 Å². The molecule has 4 aromatic rings. The molecular weight excluding hydrogens is 817 g/mol. The summed E-state index contributed by atoms with van der Waals surface area (Å²) in [6.45, 7) is 2.21. The number of aromatic amines is 1. The molecule has 0 radical (unpaired) electrons. The standard InChI is InChI=1S/C31H43FN10O14P2/c1-34-24(36-11-16-5-7-17(32)8-6-16)19-25(35-2)41(14-37-19)29-23(50-3)31(13-52-29,9-10-53-57(46,47)48)56-58(49,51-4)54-12-18-21(43)22(44)28(55-18)42-15-38-20-26(42)39-30(33)40-27(20)45/h5-8,14-15,18,21-24,28-29,34,36,43-44H,2,9-13H2,1,3-4H3,(H2,46,47,48)(H3,33,39,40,45)/t18-,21?,22?,23?,24?,28-,29-,31?,58?/m1/s1. The molecule has 318 valence electrons. The summed E-state index contributed by atoms with van der Waals surface area (Å²) in [6, 6.07) is 5.92. The van der Waals surface area contributed by atoms with E-state index in [1.165, 1.54) is 34.7 Å². The van der Waals surface area contributed by atoms with E-state index in [9.17, 15) is 38.3 Å². The first kappa shape index (κ1) is 43.7.